The van der Waals surface area contributed by atoms with Gasteiger partial charge < -0.3 is 15.0 Å². The predicted octanol–water partition coefficient (Wildman–Crippen LogP) is 2.39. The molecule has 0 heterocycles. The van der Waals surface area contributed by atoms with E-state index >= 15 is 0 Å². The van der Waals surface area contributed by atoms with Crippen molar-refractivity contribution < 1.29 is 19.1 Å². The topological polar surface area (TPSA) is 123 Å². The fourth-order valence-electron chi connectivity index (χ4n) is 2.42. The number of thioether (sulfide) groups is 1. The highest BCUT2D eigenvalue weighted by molar-refractivity contribution is 7.98. The molecule has 0 saturated heterocycles. The van der Waals surface area contributed by atoms with Gasteiger partial charge in [-0.25, -0.2) is 4.79 Å². The van der Waals surface area contributed by atoms with Crippen LogP contribution >= 0.6 is 23.4 Å². The molecule has 0 bridgehead atoms. The molecule has 2 amide bonds. The number of ether oxygens (including phenoxy) is 1. The Morgan fingerprint density at radius 2 is 1.83 bits per heavy atom. The van der Waals surface area contributed by atoms with Gasteiger partial charge in [0.1, 0.15) is 6.04 Å². The molecule has 1 aromatic rings. The molecule has 160 valence electrons. The van der Waals surface area contributed by atoms with E-state index in [1.165, 1.54) is 16.7 Å². The summed E-state index contributed by atoms with van der Waals surface area (Å²) in [5.41, 5.74) is 0.233. The van der Waals surface area contributed by atoms with Gasteiger partial charge >= 0.3 is 5.97 Å². The number of esters is 1. The van der Waals surface area contributed by atoms with Crippen molar-refractivity contribution in [3.05, 3.63) is 34.9 Å². The van der Waals surface area contributed by atoms with Crippen LogP contribution in [0.15, 0.2) is 24.3 Å². The average molecular weight is 451 g/mol. The molecule has 1 aromatic carbocycles. The third kappa shape index (κ3) is 8.73. The number of benzene rings is 1. The molecule has 1 rings (SSSR count). The minimum atomic E-state index is -0.944. The first kappa shape index (κ1) is 25.3. The number of nitriles is 2. The number of hydrogen-bond acceptors (Lipinski definition) is 7. The van der Waals surface area contributed by atoms with E-state index in [9.17, 15) is 14.4 Å². The minimum absolute atomic E-state index is 0.107. The van der Waals surface area contributed by atoms with Crippen molar-refractivity contribution in [1.82, 2.24) is 10.2 Å². The largest absolute Gasteiger partial charge is 0.454 e. The number of rotatable bonds is 12. The molecule has 0 aromatic heterocycles. The maximum Gasteiger partial charge on any atom is 0.329 e. The molecule has 0 spiro atoms. The highest BCUT2D eigenvalue weighted by atomic mass is 35.5. The highest BCUT2D eigenvalue weighted by Gasteiger charge is 2.25. The van der Waals surface area contributed by atoms with Crippen molar-refractivity contribution in [2.75, 3.05) is 31.7 Å². The van der Waals surface area contributed by atoms with Crippen LogP contribution in [0.5, 0.6) is 0 Å². The Hall–Kier alpha value is -2.75. The molecule has 1 unspecified atom stereocenters. The van der Waals surface area contributed by atoms with Crippen LogP contribution in [-0.2, 0) is 14.3 Å². The van der Waals surface area contributed by atoms with E-state index in [-0.39, 0.29) is 36.5 Å². The summed E-state index contributed by atoms with van der Waals surface area (Å²) in [5, 5.41) is 20.3. The third-order valence-corrected chi connectivity index (χ3v) is 4.97. The Kier molecular flexibility index (Phi) is 12.0. The molecule has 0 fully saturated rings. The zero-order chi connectivity index (χ0) is 22.4. The zero-order valence-electron chi connectivity index (χ0n) is 16.6. The van der Waals surface area contributed by atoms with Gasteiger partial charge in [-0.3, -0.25) is 9.59 Å². The van der Waals surface area contributed by atoms with Crippen LogP contribution in [-0.4, -0.2) is 60.4 Å². The number of hydrogen-bond donors (Lipinski definition) is 1. The van der Waals surface area contributed by atoms with Crippen LogP contribution in [0.4, 0.5) is 0 Å². The van der Waals surface area contributed by atoms with Crippen molar-refractivity contribution in [2.45, 2.75) is 25.3 Å². The van der Waals surface area contributed by atoms with Crippen LogP contribution < -0.4 is 5.32 Å². The van der Waals surface area contributed by atoms with E-state index in [1.807, 2.05) is 18.4 Å². The second-order valence-electron chi connectivity index (χ2n) is 6.09. The minimum Gasteiger partial charge on any atom is -0.454 e. The fraction of sp³-hybridized carbons (Fsp3) is 0.450. The van der Waals surface area contributed by atoms with Gasteiger partial charge in [0.15, 0.2) is 6.61 Å². The Labute approximate surface area is 185 Å². The Balaban J connectivity index is 2.74. The van der Waals surface area contributed by atoms with Crippen LogP contribution in [0, 0.1) is 22.7 Å². The van der Waals surface area contributed by atoms with Crippen molar-refractivity contribution >= 4 is 41.1 Å². The molecule has 10 heteroatoms. The normalized spacial score (nSPS) is 10.9. The summed E-state index contributed by atoms with van der Waals surface area (Å²) in [5.74, 6) is -1.17. The molecule has 0 aliphatic rings. The predicted molar refractivity (Wildman–Crippen MR) is 114 cm³/mol. The molecule has 0 aliphatic carbocycles. The summed E-state index contributed by atoms with van der Waals surface area (Å²) in [6, 6.07) is 9.38. The van der Waals surface area contributed by atoms with Crippen LogP contribution in [0.2, 0.25) is 5.02 Å². The zero-order valence-corrected chi connectivity index (χ0v) is 18.2. The Bertz CT molecular complexity index is 804. The third-order valence-electron chi connectivity index (χ3n) is 4.00. The fourth-order valence-corrected chi connectivity index (χ4v) is 3.11. The number of carbonyl (C=O) groups is 3. The van der Waals surface area contributed by atoms with Gasteiger partial charge in [0, 0.05) is 13.1 Å². The molecule has 1 N–H and O–H groups in total. The number of halogens is 1. The monoisotopic (exact) mass is 450 g/mol. The lowest BCUT2D eigenvalue weighted by atomic mass is 10.1. The second kappa shape index (κ2) is 14.3. The quantitative estimate of drug-likeness (QED) is 0.485. The van der Waals surface area contributed by atoms with Gasteiger partial charge in [-0.15, -0.1) is 0 Å². The van der Waals surface area contributed by atoms with E-state index in [0.717, 1.165) is 0 Å². The van der Waals surface area contributed by atoms with Gasteiger partial charge in [0.25, 0.3) is 11.8 Å². The maximum atomic E-state index is 12.5. The summed E-state index contributed by atoms with van der Waals surface area (Å²) < 4.78 is 5.12. The van der Waals surface area contributed by atoms with Crippen molar-refractivity contribution in [3.63, 3.8) is 0 Å². The molecule has 0 aliphatic heterocycles. The van der Waals surface area contributed by atoms with Crippen molar-refractivity contribution in [2.24, 2.45) is 0 Å². The van der Waals surface area contributed by atoms with Crippen molar-refractivity contribution in [3.8, 4) is 12.1 Å². The van der Waals surface area contributed by atoms with E-state index in [1.54, 1.807) is 24.3 Å². The number of carbonyl (C=O) groups excluding carboxylic acids is 3. The molecule has 1 atom stereocenters. The summed E-state index contributed by atoms with van der Waals surface area (Å²) >= 11 is 7.53. The lowest BCUT2D eigenvalue weighted by Gasteiger charge is -2.22. The van der Waals surface area contributed by atoms with Crippen LogP contribution in [0.3, 0.4) is 0 Å². The van der Waals surface area contributed by atoms with Gasteiger partial charge in [-0.1, -0.05) is 23.7 Å². The Morgan fingerprint density at radius 1 is 1.20 bits per heavy atom. The summed E-state index contributed by atoms with van der Waals surface area (Å²) in [7, 11) is 0. The van der Waals surface area contributed by atoms with Gasteiger partial charge in [0.2, 0.25) is 0 Å². The van der Waals surface area contributed by atoms with Crippen LogP contribution in [0.25, 0.3) is 0 Å². The molecule has 0 saturated carbocycles. The van der Waals surface area contributed by atoms with E-state index in [4.69, 9.17) is 26.9 Å². The number of nitrogens with zero attached hydrogens (tertiary/aromatic N) is 3. The molecule has 30 heavy (non-hydrogen) atoms. The van der Waals surface area contributed by atoms with E-state index in [0.29, 0.717) is 12.2 Å². The first-order valence-electron chi connectivity index (χ1n) is 9.17. The first-order chi connectivity index (χ1) is 14.4. The molecule has 8 nitrogen and oxygen atoms in total. The lowest BCUT2D eigenvalue weighted by molar-refractivity contribution is -0.153. The van der Waals surface area contributed by atoms with E-state index in [2.05, 4.69) is 5.32 Å². The molecule has 0 radical (unpaired) electrons. The molecular weight excluding hydrogens is 428 g/mol. The summed E-state index contributed by atoms with van der Waals surface area (Å²) in [4.78, 5) is 38.6. The van der Waals surface area contributed by atoms with Gasteiger partial charge in [-0.2, -0.15) is 22.3 Å². The SMILES string of the molecule is CSCCC(NC(=O)c1ccccc1Cl)C(=O)OCC(=O)N(CCC#N)CCC#N. The van der Waals surface area contributed by atoms with Crippen LogP contribution in [0.1, 0.15) is 29.6 Å². The standard InChI is InChI=1S/C20H23ClN4O4S/c1-30-13-8-17(24-19(27)15-6-2-3-7-16(15)21)20(28)29-14-18(26)25(11-4-9-22)12-5-10-23/h2-3,6-7,17H,4-5,8,11-14H2,1H3,(H,24,27). The Morgan fingerprint density at radius 3 is 2.40 bits per heavy atom. The smallest absolute Gasteiger partial charge is 0.329 e. The summed E-state index contributed by atoms with van der Waals surface area (Å²) in [6.07, 6.45) is 2.39. The van der Waals surface area contributed by atoms with Gasteiger partial charge in [-0.05, 0) is 30.6 Å². The molecular formula is C20H23ClN4O4S. The highest BCUT2D eigenvalue weighted by Crippen LogP contribution is 2.15. The first-order valence-corrected chi connectivity index (χ1v) is 10.9. The maximum absolute atomic E-state index is 12.5. The second-order valence-corrected chi connectivity index (χ2v) is 7.48. The average Bonchev–Trinajstić information content (AvgIpc) is 2.74. The number of nitrogens with one attached hydrogen (secondary N) is 1. The van der Waals surface area contributed by atoms with Gasteiger partial charge in [0.05, 0.1) is 35.6 Å². The number of amides is 2. The summed E-state index contributed by atoms with van der Waals surface area (Å²) in [6.45, 7) is -0.241. The lowest BCUT2D eigenvalue weighted by Crippen LogP contribution is -2.44. The van der Waals surface area contributed by atoms with E-state index < -0.39 is 30.4 Å². The van der Waals surface area contributed by atoms with Crippen molar-refractivity contribution in [1.29, 1.82) is 10.5 Å².